The molecular formula is C22H21ClFN2O+. The quantitative estimate of drug-likeness (QED) is 0.665. The number of benzene rings is 3. The molecule has 2 N–H and O–H groups in total. The van der Waals surface area contributed by atoms with Crippen molar-refractivity contribution in [2.75, 3.05) is 12.4 Å². The van der Waals surface area contributed by atoms with E-state index in [9.17, 15) is 9.18 Å². The molecule has 2 atom stereocenters. The number of rotatable bonds is 6. The largest absolute Gasteiger partial charge is 0.321 e. The first kappa shape index (κ1) is 19.1. The van der Waals surface area contributed by atoms with E-state index in [0.29, 0.717) is 17.3 Å². The Labute approximate surface area is 163 Å². The minimum Gasteiger partial charge on any atom is -0.321 e. The number of likely N-dealkylation sites (N-methyl/N-ethyl adjacent to an activating group) is 1. The molecule has 3 rings (SSSR count). The predicted octanol–water partition coefficient (Wildman–Crippen LogP) is 3.87. The van der Waals surface area contributed by atoms with E-state index in [1.54, 1.807) is 12.1 Å². The molecule has 0 bridgehead atoms. The van der Waals surface area contributed by atoms with Gasteiger partial charge in [0.05, 0.1) is 7.05 Å². The Morgan fingerprint density at radius 2 is 1.63 bits per heavy atom. The Balaban J connectivity index is 1.82. The lowest BCUT2D eigenvalue weighted by Crippen LogP contribution is -3.09. The van der Waals surface area contributed by atoms with Crippen molar-refractivity contribution >= 4 is 23.2 Å². The van der Waals surface area contributed by atoms with Crippen LogP contribution in [-0.2, 0) is 11.3 Å². The van der Waals surface area contributed by atoms with Crippen molar-refractivity contribution < 1.29 is 14.1 Å². The summed E-state index contributed by atoms with van der Waals surface area (Å²) in [5.74, 6) is -0.475. The van der Waals surface area contributed by atoms with E-state index < -0.39 is 6.04 Å². The number of carbonyl (C=O) groups is 1. The average molecular weight is 384 g/mol. The van der Waals surface area contributed by atoms with Crippen LogP contribution in [0.15, 0.2) is 78.9 Å². The van der Waals surface area contributed by atoms with Crippen LogP contribution in [-0.4, -0.2) is 13.0 Å². The maximum Gasteiger partial charge on any atom is 0.287 e. The molecule has 0 aliphatic carbocycles. The summed E-state index contributed by atoms with van der Waals surface area (Å²) in [4.78, 5) is 14.1. The molecule has 3 nitrogen and oxygen atoms in total. The van der Waals surface area contributed by atoms with Crippen LogP contribution in [0.4, 0.5) is 10.1 Å². The second-order valence-electron chi connectivity index (χ2n) is 6.49. The Bertz CT molecular complexity index is 882. The lowest BCUT2D eigenvalue weighted by molar-refractivity contribution is -0.915. The monoisotopic (exact) mass is 383 g/mol. The van der Waals surface area contributed by atoms with E-state index in [1.165, 1.54) is 12.1 Å². The highest BCUT2D eigenvalue weighted by Gasteiger charge is 2.29. The molecule has 0 spiro atoms. The zero-order chi connectivity index (χ0) is 19.2. The molecule has 0 heterocycles. The third-order valence-electron chi connectivity index (χ3n) is 4.40. The van der Waals surface area contributed by atoms with Gasteiger partial charge in [-0.2, -0.15) is 0 Å². The van der Waals surface area contributed by atoms with Crippen LogP contribution in [0.25, 0.3) is 0 Å². The van der Waals surface area contributed by atoms with Crippen molar-refractivity contribution in [2.24, 2.45) is 0 Å². The van der Waals surface area contributed by atoms with Gasteiger partial charge in [-0.3, -0.25) is 4.79 Å². The summed E-state index contributed by atoms with van der Waals surface area (Å²) < 4.78 is 13.1. The number of amides is 1. The van der Waals surface area contributed by atoms with Gasteiger partial charge in [0.25, 0.3) is 5.91 Å². The van der Waals surface area contributed by atoms with Crippen molar-refractivity contribution in [3.8, 4) is 0 Å². The topological polar surface area (TPSA) is 33.5 Å². The second-order valence-corrected chi connectivity index (χ2v) is 6.93. The van der Waals surface area contributed by atoms with E-state index in [0.717, 1.165) is 16.0 Å². The van der Waals surface area contributed by atoms with Crippen molar-refractivity contribution in [3.05, 3.63) is 101 Å². The zero-order valence-electron chi connectivity index (χ0n) is 15.0. The van der Waals surface area contributed by atoms with Gasteiger partial charge in [0.15, 0.2) is 6.04 Å². The van der Waals surface area contributed by atoms with Crippen molar-refractivity contribution in [1.82, 2.24) is 0 Å². The first-order valence-corrected chi connectivity index (χ1v) is 9.09. The fraction of sp³-hybridized carbons (Fsp3) is 0.136. The van der Waals surface area contributed by atoms with E-state index in [1.807, 2.05) is 61.6 Å². The van der Waals surface area contributed by atoms with Gasteiger partial charge < -0.3 is 10.2 Å². The third kappa shape index (κ3) is 5.16. The predicted molar refractivity (Wildman–Crippen MR) is 106 cm³/mol. The molecule has 0 radical (unpaired) electrons. The number of halogens is 2. The molecule has 138 valence electrons. The van der Waals surface area contributed by atoms with Crippen LogP contribution in [0.1, 0.15) is 17.2 Å². The average Bonchev–Trinajstić information content (AvgIpc) is 2.66. The third-order valence-corrected chi connectivity index (χ3v) is 4.65. The first-order chi connectivity index (χ1) is 13.0. The normalized spacial score (nSPS) is 13.0. The maximum atomic E-state index is 13.1. The Morgan fingerprint density at radius 1 is 1.00 bits per heavy atom. The summed E-state index contributed by atoms with van der Waals surface area (Å²) in [7, 11) is 1.98. The molecule has 0 fully saturated rings. The SMILES string of the molecule is C[NH+](Cc1ccc(Cl)cc1)[C@@H](C(=O)Nc1ccc(F)cc1)c1ccccc1. The highest BCUT2D eigenvalue weighted by molar-refractivity contribution is 6.30. The van der Waals surface area contributed by atoms with Gasteiger partial charge in [0.2, 0.25) is 0 Å². The number of hydrogen-bond acceptors (Lipinski definition) is 1. The van der Waals surface area contributed by atoms with E-state index in [2.05, 4.69) is 5.32 Å². The van der Waals surface area contributed by atoms with Gasteiger partial charge >= 0.3 is 0 Å². The van der Waals surface area contributed by atoms with Crippen molar-refractivity contribution in [1.29, 1.82) is 0 Å². The lowest BCUT2D eigenvalue weighted by atomic mass is 10.0. The first-order valence-electron chi connectivity index (χ1n) is 8.71. The van der Waals surface area contributed by atoms with Gasteiger partial charge in [-0.05, 0) is 36.4 Å². The molecule has 3 aromatic carbocycles. The van der Waals surface area contributed by atoms with Crippen LogP contribution in [0, 0.1) is 5.82 Å². The van der Waals surface area contributed by atoms with Gasteiger partial charge in [-0.25, -0.2) is 4.39 Å². The summed E-state index contributed by atoms with van der Waals surface area (Å²) in [6.45, 7) is 0.660. The molecule has 0 saturated carbocycles. The molecule has 3 aromatic rings. The van der Waals surface area contributed by atoms with Crippen LogP contribution in [0.3, 0.4) is 0 Å². The molecule has 0 aliphatic rings. The molecule has 1 amide bonds. The molecule has 0 saturated heterocycles. The van der Waals surface area contributed by atoms with Crippen LogP contribution in [0.5, 0.6) is 0 Å². The van der Waals surface area contributed by atoms with Crippen LogP contribution in [0.2, 0.25) is 5.02 Å². The van der Waals surface area contributed by atoms with Crippen molar-refractivity contribution in [2.45, 2.75) is 12.6 Å². The van der Waals surface area contributed by atoms with Gasteiger partial charge in [0, 0.05) is 21.8 Å². The van der Waals surface area contributed by atoms with E-state index >= 15 is 0 Å². The van der Waals surface area contributed by atoms with Gasteiger partial charge in [0.1, 0.15) is 12.4 Å². The number of hydrogen-bond donors (Lipinski definition) is 2. The zero-order valence-corrected chi connectivity index (χ0v) is 15.7. The van der Waals surface area contributed by atoms with E-state index in [4.69, 9.17) is 11.6 Å². The van der Waals surface area contributed by atoms with Gasteiger partial charge in [-0.15, -0.1) is 0 Å². The minimum atomic E-state index is -0.410. The summed E-state index contributed by atoms with van der Waals surface area (Å²) in [5, 5.41) is 3.58. The molecule has 1 unspecified atom stereocenters. The fourth-order valence-electron chi connectivity index (χ4n) is 3.08. The van der Waals surface area contributed by atoms with Crippen molar-refractivity contribution in [3.63, 3.8) is 0 Å². The molecular weight excluding hydrogens is 363 g/mol. The summed E-state index contributed by atoms with van der Waals surface area (Å²) in [6.07, 6.45) is 0. The standard InChI is InChI=1S/C22H20ClFN2O/c1-26(15-16-7-9-18(23)10-8-16)21(17-5-3-2-4-6-17)22(27)25-20-13-11-19(24)12-14-20/h2-14,21H,15H2,1H3,(H,25,27)/p+1/t21-/m1/s1. The molecule has 0 aliphatic heterocycles. The lowest BCUT2D eigenvalue weighted by Gasteiger charge is -2.25. The number of anilines is 1. The Morgan fingerprint density at radius 3 is 2.26 bits per heavy atom. The second kappa shape index (κ2) is 8.80. The highest BCUT2D eigenvalue weighted by atomic mass is 35.5. The Hall–Kier alpha value is -2.69. The molecule has 0 aromatic heterocycles. The number of carbonyl (C=O) groups excluding carboxylic acids is 1. The Kier molecular flexibility index (Phi) is 6.22. The summed E-state index contributed by atoms with van der Waals surface area (Å²) in [5.41, 5.74) is 2.58. The number of quaternary nitrogens is 1. The summed E-state index contributed by atoms with van der Waals surface area (Å²) in [6, 6.07) is 22.6. The fourth-order valence-corrected chi connectivity index (χ4v) is 3.21. The van der Waals surface area contributed by atoms with E-state index in [-0.39, 0.29) is 11.7 Å². The van der Waals surface area contributed by atoms with Crippen LogP contribution >= 0.6 is 11.6 Å². The smallest absolute Gasteiger partial charge is 0.287 e. The summed E-state index contributed by atoms with van der Waals surface area (Å²) >= 11 is 5.96. The number of nitrogens with one attached hydrogen (secondary N) is 2. The van der Waals surface area contributed by atoms with Gasteiger partial charge in [-0.1, -0.05) is 54.1 Å². The van der Waals surface area contributed by atoms with Crippen LogP contribution < -0.4 is 10.2 Å². The molecule has 5 heteroatoms. The maximum absolute atomic E-state index is 13.1. The highest BCUT2D eigenvalue weighted by Crippen LogP contribution is 2.15. The minimum absolute atomic E-state index is 0.140. The molecule has 27 heavy (non-hydrogen) atoms.